The van der Waals surface area contributed by atoms with Crippen LogP contribution >= 0.6 is 23.2 Å². The molecule has 0 saturated carbocycles. The Balaban J connectivity index is 0.000000257. The predicted octanol–water partition coefficient (Wildman–Crippen LogP) is 4.63. The van der Waals surface area contributed by atoms with E-state index in [2.05, 4.69) is 64.7 Å². The second-order valence-electron chi connectivity index (χ2n) is 9.67. The zero-order valence-electron chi connectivity index (χ0n) is 21.3. The Morgan fingerprint density at radius 2 is 1.58 bits per heavy atom. The summed E-state index contributed by atoms with van der Waals surface area (Å²) >= 11 is 11.6. The van der Waals surface area contributed by atoms with Crippen molar-refractivity contribution in [1.82, 2.24) is 15.2 Å². The summed E-state index contributed by atoms with van der Waals surface area (Å²) in [6.45, 7) is 5.16. The lowest BCUT2D eigenvalue weighted by atomic mass is 9.91. The molecule has 3 aromatic carbocycles. The molecule has 2 unspecified atom stereocenters. The van der Waals surface area contributed by atoms with Crippen LogP contribution in [0, 0.1) is 5.92 Å². The van der Waals surface area contributed by atoms with E-state index < -0.39 is 10.0 Å². The van der Waals surface area contributed by atoms with Crippen molar-refractivity contribution in [2.24, 2.45) is 16.2 Å². The molecule has 3 aromatic rings. The van der Waals surface area contributed by atoms with Gasteiger partial charge in [-0.2, -0.15) is 5.10 Å². The minimum atomic E-state index is -3.58. The van der Waals surface area contributed by atoms with Gasteiger partial charge in [0.2, 0.25) is 10.0 Å². The number of halogens is 2. The molecular weight excluding hydrogens is 541 g/mol. The first-order chi connectivity index (χ1) is 18.2. The number of hydrazone groups is 1. The normalized spacial score (nSPS) is 19.7. The third kappa shape index (κ3) is 8.02. The molecule has 38 heavy (non-hydrogen) atoms. The molecule has 0 aliphatic carbocycles. The van der Waals surface area contributed by atoms with Crippen LogP contribution in [0.1, 0.15) is 23.5 Å². The first-order valence-corrected chi connectivity index (χ1v) is 14.8. The Morgan fingerprint density at radius 1 is 0.947 bits per heavy atom. The highest BCUT2D eigenvalue weighted by molar-refractivity contribution is 7.89. The second-order valence-corrected chi connectivity index (χ2v) is 12.1. The average Bonchev–Trinajstić information content (AvgIpc) is 3.51. The Bertz CT molecular complexity index is 1320. The minimum absolute atomic E-state index is 0.0712. The van der Waals surface area contributed by atoms with Gasteiger partial charge in [0.05, 0.1) is 23.8 Å². The maximum absolute atomic E-state index is 10.7. The molecule has 10 heteroatoms. The number of hydrogen-bond donors (Lipinski definition) is 2. The van der Waals surface area contributed by atoms with Crippen LogP contribution < -0.4 is 10.5 Å². The summed E-state index contributed by atoms with van der Waals surface area (Å²) in [6.07, 6.45) is 1.29. The van der Waals surface area contributed by atoms with Crippen molar-refractivity contribution in [3.05, 3.63) is 100 Å². The van der Waals surface area contributed by atoms with E-state index in [1.807, 2.05) is 12.1 Å². The molecule has 0 spiro atoms. The lowest BCUT2D eigenvalue weighted by Gasteiger charge is -2.18. The molecule has 2 atom stereocenters. The summed E-state index contributed by atoms with van der Waals surface area (Å²) < 4.78 is 21.4. The molecule has 0 aromatic heterocycles. The molecule has 1 saturated heterocycles. The van der Waals surface area contributed by atoms with Crippen LogP contribution in [0.4, 0.5) is 0 Å². The van der Waals surface area contributed by atoms with Crippen molar-refractivity contribution in [3.63, 3.8) is 0 Å². The molecule has 2 heterocycles. The second kappa shape index (κ2) is 13.1. The standard InChI is InChI=1S/C22H27ClN4.C6H6ClNO2S/c1-26-12-11-17(14-26)13-24-16-27-15-21(18-5-3-2-4-6-18)22(25-27)19-7-9-20(23)10-8-19;7-5-1-3-6(4-2-5)11(8,9)10/h2-10,17,21,24H,11-16H2,1H3;1-4H,(H2,8,9,10). The number of nitrogens with one attached hydrogen (secondary N) is 1. The summed E-state index contributed by atoms with van der Waals surface area (Å²) in [5.41, 5.74) is 3.58. The molecule has 2 aliphatic heterocycles. The van der Waals surface area contributed by atoms with E-state index in [1.165, 1.54) is 49.3 Å². The van der Waals surface area contributed by atoms with Crippen LogP contribution in [-0.2, 0) is 10.0 Å². The van der Waals surface area contributed by atoms with E-state index in [1.54, 1.807) is 0 Å². The fourth-order valence-corrected chi connectivity index (χ4v) is 5.47. The van der Waals surface area contributed by atoms with Crippen LogP contribution in [0.3, 0.4) is 0 Å². The molecule has 0 radical (unpaired) electrons. The van der Waals surface area contributed by atoms with Crippen molar-refractivity contribution in [2.75, 3.05) is 39.9 Å². The van der Waals surface area contributed by atoms with E-state index in [-0.39, 0.29) is 10.8 Å². The summed E-state index contributed by atoms with van der Waals surface area (Å²) in [7, 11) is -1.38. The number of hydrogen-bond acceptors (Lipinski definition) is 6. The van der Waals surface area contributed by atoms with Crippen molar-refractivity contribution in [1.29, 1.82) is 0 Å². The monoisotopic (exact) mass is 573 g/mol. The number of nitrogens with two attached hydrogens (primary N) is 1. The number of sulfonamides is 1. The van der Waals surface area contributed by atoms with Gasteiger partial charge in [0.15, 0.2) is 0 Å². The highest BCUT2D eigenvalue weighted by Crippen LogP contribution is 2.29. The molecule has 7 nitrogen and oxygen atoms in total. The number of rotatable bonds is 7. The van der Waals surface area contributed by atoms with Gasteiger partial charge in [0, 0.05) is 29.1 Å². The van der Waals surface area contributed by atoms with Gasteiger partial charge in [0.1, 0.15) is 0 Å². The van der Waals surface area contributed by atoms with E-state index in [9.17, 15) is 8.42 Å². The first kappa shape index (κ1) is 28.5. The van der Waals surface area contributed by atoms with Gasteiger partial charge >= 0.3 is 0 Å². The van der Waals surface area contributed by atoms with Crippen LogP contribution in [-0.4, -0.2) is 63.9 Å². The van der Waals surface area contributed by atoms with Crippen LogP contribution in [0.25, 0.3) is 0 Å². The third-order valence-corrected chi connectivity index (χ3v) is 8.11. The SMILES string of the molecule is CN1CCC(CNCN2CC(c3ccccc3)C(c3ccc(Cl)cc3)=N2)C1.NS(=O)(=O)c1ccc(Cl)cc1. The van der Waals surface area contributed by atoms with Crippen molar-refractivity contribution >= 4 is 38.9 Å². The third-order valence-electron chi connectivity index (χ3n) is 6.67. The van der Waals surface area contributed by atoms with Gasteiger partial charge < -0.3 is 4.90 Å². The number of likely N-dealkylation sites (tertiary alicyclic amines) is 1. The molecule has 1 fully saturated rings. The largest absolute Gasteiger partial charge is 0.306 e. The summed E-state index contributed by atoms with van der Waals surface area (Å²) in [5, 5.41) is 16.8. The van der Waals surface area contributed by atoms with Gasteiger partial charge in [-0.3, -0.25) is 10.3 Å². The molecule has 202 valence electrons. The highest BCUT2D eigenvalue weighted by Gasteiger charge is 2.29. The van der Waals surface area contributed by atoms with Crippen LogP contribution in [0.2, 0.25) is 10.0 Å². The smallest absolute Gasteiger partial charge is 0.238 e. The highest BCUT2D eigenvalue weighted by atomic mass is 35.5. The maximum atomic E-state index is 10.7. The Labute approximate surface area is 235 Å². The van der Waals surface area contributed by atoms with Gasteiger partial charge in [-0.25, -0.2) is 13.6 Å². The zero-order chi connectivity index (χ0) is 27.1. The number of primary sulfonamides is 1. The summed E-state index contributed by atoms with van der Waals surface area (Å²) in [5.74, 6) is 1.04. The fraction of sp³-hybridized carbons (Fsp3) is 0.321. The van der Waals surface area contributed by atoms with Gasteiger partial charge in [-0.05, 0) is 73.5 Å². The van der Waals surface area contributed by atoms with Gasteiger partial charge in [-0.1, -0.05) is 65.7 Å². The molecule has 0 amide bonds. The lowest BCUT2D eigenvalue weighted by molar-refractivity contribution is 0.273. The average molecular weight is 575 g/mol. The first-order valence-electron chi connectivity index (χ1n) is 12.5. The van der Waals surface area contributed by atoms with E-state index in [0.29, 0.717) is 5.02 Å². The van der Waals surface area contributed by atoms with Crippen molar-refractivity contribution < 1.29 is 8.42 Å². The van der Waals surface area contributed by atoms with Crippen molar-refractivity contribution in [2.45, 2.75) is 17.2 Å². The van der Waals surface area contributed by atoms with Crippen LogP contribution in [0.15, 0.2) is 88.9 Å². The van der Waals surface area contributed by atoms with Gasteiger partial charge in [-0.15, -0.1) is 0 Å². The molecule has 3 N–H and O–H groups in total. The van der Waals surface area contributed by atoms with Crippen LogP contribution in [0.5, 0.6) is 0 Å². The number of benzene rings is 3. The molecule has 0 bridgehead atoms. The summed E-state index contributed by atoms with van der Waals surface area (Å²) in [4.78, 5) is 2.48. The summed E-state index contributed by atoms with van der Waals surface area (Å²) in [6, 6.07) is 24.4. The van der Waals surface area contributed by atoms with Gasteiger partial charge in [0.25, 0.3) is 0 Å². The minimum Gasteiger partial charge on any atom is -0.306 e. The van der Waals surface area contributed by atoms with Crippen molar-refractivity contribution in [3.8, 4) is 0 Å². The molecule has 5 rings (SSSR count). The van der Waals surface area contributed by atoms with E-state index in [4.69, 9.17) is 33.4 Å². The zero-order valence-corrected chi connectivity index (χ0v) is 23.6. The van der Waals surface area contributed by atoms with E-state index in [0.717, 1.165) is 42.0 Å². The Morgan fingerprint density at radius 3 is 2.16 bits per heavy atom. The van der Waals surface area contributed by atoms with E-state index >= 15 is 0 Å². The maximum Gasteiger partial charge on any atom is 0.238 e. The lowest BCUT2D eigenvalue weighted by Crippen LogP contribution is -2.34. The fourth-order valence-electron chi connectivity index (χ4n) is 4.70. The Kier molecular flexibility index (Phi) is 9.81. The predicted molar refractivity (Wildman–Crippen MR) is 155 cm³/mol. The molecular formula is C28H33Cl2N5O2S. The molecule has 2 aliphatic rings. The number of nitrogens with zero attached hydrogens (tertiary/aromatic N) is 3. The topological polar surface area (TPSA) is 91.0 Å². The Hall–Kier alpha value is -2.46. The quantitative estimate of drug-likeness (QED) is 0.430.